The molecule has 4 rings (SSSR count). The maximum atomic E-state index is 12.7. The van der Waals surface area contributed by atoms with Gasteiger partial charge in [-0.15, -0.1) is 0 Å². The number of carbonyl (C=O) groups excluding carboxylic acids is 2. The molecule has 0 bridgehead atoms. The summed E-state index contributed by atoms with van der Waals surface area (Å²) in [5, 5.41) is 6.19. The van der Waals surface area contributed by atoms with E-state index in [4.69, 9.17) is 4.42 Å². The predicted molar refractivity (Wildman–Crippen MR) is 105 cm³/mol. The van der Waals surface area contributed by atoms with E-state index in [0.717, 1.165) is 57.4 Å². The molecule has 0 aromatic carbocycles. The summed E-state index contributed by atoms with van der Waals surface area (Å²) in [6, 6.07) is 0.283. The number of rotatable bonds is 5. The summed E-state index contributed by atoms with van der Waals surface area (Å²) in [5.41, 5.74) is 0. The minimum Gasteiger partial charge on any atom is -0.438 e. The second-order valence-corrected chi connectivity index (χ2v) is 7.72. The van der Waals surface area contributed by atoms with Gasteiger partial charge in [-0.1, -0.05) is 0 Å². The van der Waals surface area contributed by atoms with Crippen molar-refractivity contribution in [2.75, 3.05) is 18.0 Å². The maximum Gasteiger partial charge on any atom is 0.288 e. The predicted octanol–water partition coefficient (Wildman–Crippen LogP) is 1.54. The van der Waals surface area contributed by atoms with Crippen molar-refractivity contribution in [3.8, 4) is 0 Å². The number of anilines is 1. The molecule has 3 heterocycles. The lowest BCUT2D eigenvalue weighted by molar-refractivity contribution is -0.126. The fourth-order valence-electron chi connectivity index (χ4n) is 4.11. The summed E-state index contributed by atoms with van der Waals surface area (Å²) in [4.78, 5) is 39.1. The van der Waals surface area contributed by atoms with Crippen LogP contribution in [0.15, 0.2) is 35.6 Å². The molecule has 154 valence electrons. The van der Waals surface area contributed by atoms with Gasteiger partial charge in [0.2, 0.25) is 11.7 Å². The van der Waals surface area contributed by atoms with E-state index in [-0.39, 0.29) is 35.6 Å². The van der Waals surface area contributed by atoms with Gasteiger partial charge in [0.25, 0.3) is 5.91 Å². The summed E-state index contributed by atoms with van der Waals surface area (Å²) in [5.74, 6) is 1.03. The van der Waals surface area contributed by atoms with Crippen LogP contribution in [-0.4, -0.2) is 51.9 Å². The van der Waals surface area contributed by atoms with E-state index in [9.17, 15) is 9.59 Å². The molecule has 0 radical (unpaired) electrons. The molecule has 2 aliphatic rings. The van der Waals surface area contributed by atoms with Crippen molar-refractivity contribution in [1.82, 2.24) is 25.6 Å². The van der Waals surface area contributed by atoms with E-state index >= 15 is 0 Å². The molecule has 2 aromatic heterocycles. The summed E-state index contributed by atoms with van der Waals surface area (Å²) in [7, 11) is 0. The van der Waals surface area contributed by atoms with Gasteiger partial charge >= 0.3 is 0 Å². The van der Waals surface area contributed by atoms with Crippen LogP contribution in [0.1, 0.15) is 49.1 Å². The molecule has 0 spiro atoms. The quantitative estimate of drug-likeness (QED) is 0.785. The molecule has 2 N–H and O–H groups in total. The molecule has 2 amide bonds. The molecule has 1 aliphatic carbocycles. The lowest BCUT2D eigenvalue weighted by atomic mass is 9.85. The van der Waals surface area contributed by atoms with Crippen LogP contribution in [0.3, 0.4) is 0 Å². The van der Waals surface area contributed by atoms with Gasteiger partial charge < -0.3 is 20.0 Å². The van der Waals surface area contributed by atoms with Gasteiger partial charge in [-0.3, -0.25) is 14.6 Å². The molecule has 1 saturated carbocycles. The third-order valence-electron chi connectivity index (χ3n) is 5.80. The summed E-state index contributed by atoms with van der Waals surface area (Å²) < 4.78 is 5.02. The van der Waals surface area contributed by atoms with Gasteiger partial charge in [0.15, 0.2) is 6.39 Å². The number of piperidine rings is 1. The largest absolute Gasteiger partial charge is 0.438 e. The first-order valence-corrected chi connectivity index (χ1v) is 10.2. The number of nitrogens with one attached hydrogen (secondary N) is 2. The average molecular weight is 398 g/mol. The van der Waals surface area contributed by atoms with Crippen LogP contribution in [0.2, 0.25) is 0 Å². The Hall–Kier alpha value is -2.97. The highest BCUT2D eigenvalue weighted by molar-refractivity contribution is 5.91. The van der Waals surface area contributed by atoms with Crippen LogP contribution in [0.4, 0.5) is 5.82 Å². The minimum atomic E-state index is -0.245. The Bertz CT molecular complexity index is 797. The fourth-order valence-corrected chi connectivity index (χ4v) is 4.11. The lowest BCUT2D eigenvalue weighted by Gasteiger charge is -2.34. The van der Waals surface area contributed by atoms with Crippen molar-refractivity contribution in [2.24, 2.45) is 5.92 Å². The highest BCUT2D eigenvalue weighted by Crippen LogP contribution is 2.25. The third kappa shape index (κ3) is 4.90. The number of carbonyl (C=O) groups is 2. The average Bonchev–Trinajstić information content (AvgIpc) is 3.31. The van der Waals surface area contributed by atoms with E-state index in [1.165, 1.54) is 12.6 Å². The highest BCUT2D eigenvalue weighted by atomic mass is 16.3. The molecule has 1 saturated heterocycles. The SMILES string of the molecule is O=C(NC1CCC(C(=O)NC2CCN(c3cnccn3)CC2)CC1)c1cnco1. The molecule has 1 aliphatic heterocycles. The zero-order valence-electron chi connectivity index (χ0n) is 16.3. The molecular formula is C20H26N6O3. The summed E-state index contributed by atoms with van der Waals surface area (Å²) in [6.45, 7) is 1.73. The van der Waals surface area contributed by atoms with Crippen LogP contribution in [0, 0.1) is 5.92 Å². The van der Waals surface area contributed by atoms with Gasteiger partial charge in [0, 0.05) is 43.5 Å². The molecule has 0 atom stereocenters. The second kappa shape index (κ2) is 9.02. The second-order valence-electron chi connectivity index (χ2n) is 7.72. The molecule has 2 fully saturated rings. The van der Waals surface area contributed by atoms with Crippen LogP contribution in [0.5, 0.6) is 0 Å². The van der Waals surface area contributed by atoms with Gasteiger partial charge in [-0.25, -0.2) is 9.97 Å². The smallest absolute Gasteiger partial charge is 0.288 e. The van der Waals surface area contributed by atoms with Gasteiger partial charge in [0.1, 0.15) is 5.82 Å². The summed E-state index contributed by atoms with van der Waals surface area (Å²) in [6.07, 6.45) is 12.8. The van der Waals surface area contributed by atoms with Crippen LogP contribution in [-0.2, 0) is 4.79 Å². The first-order chi connectivity index (χ1) is 14.2. The first kappa shape index (κ1) is 19.4. The third-order valence-corrected chi connectivity index (χ3v) is 5.80. The van der Waals surface area contributed by atoms with Crippen molar-refractivity contribution in [1.29, 1.82) is 0 Å². The molecule has 0 unspecified atom stereocenters. The zero-order chi connectivity index (χ0) is 20.1. The maximum absolute atomic E-state index is 12.7. The van der Waals surface area contributed by atoms with Gasteiger partial charge in [-0.2, -0.15) is 0 Å². The Morgan fingerprint density at radius 3 is 2.34 bits per heavy atom. The monoisotopic (exact) mass is 398 g/mol. The van der Waals surface area contributed by atoms with E-state index < -0.39 is 0 Å². The Balaban J connectivity index is 1.18. The zero-order valence-corrected chi connectivity index (χ0v) is 16.3. The van der Waals surface area contributed by atoms with E-state index in [1.807, 2.05) is 0 Å². The topological polar surface area (TPSA) is 113 Å². The standard InChI is InChI=1S/C20H26N6O3/c27-19(24-16-5-9-26(10-6-16)18-12-21-7-8-23-18)14-1-3-15(4-2-14)25-20(28)17-11-22-13-29-17/h7-8,11-16H,1-6,9-10H2,(H,24,27)(H,25,28). The van der Waals surface area contributed by atoms with E-state index in [1.54, 1.807) is 18.6 Å². The number of aromatic nitrogens is 3. The van der Waals surface area contributed by atoms with Crippen molar-refractivity contribution in [3.05, 3.63) is 36.9 Å². The Morgan fingerprint density at radius 1 is 0.931 bits per heavy atom. The number of oxazole rings is 1. The molecule has 9 nitrogen and oxygen atoms in total. The van der Waals surface area contributed by atoms with Crippen molar-refractivity contribution in [2.45, 2.75) is 50.6 Å². The van der Waals surface area contributed by atoms with Crippen LogP contribution < -0.4 is 15.5 Å². The minimum absolute atomic E-state index is 0.0199. The number of hydrogen-bond acceptors (Lipinski definition) is 7. The Labute approximate surface area is 169 Å². The Morgan fingerprint density at radius 2 is 1.69 bits per heavy atom. The fraction of sp³-hybridized carbons (Fsp3) is 0.550. The molecule has 9 heteroatoms. The first-order valence-electron chi connectivity index (χ1n) is 10.2. The van der Waals surface area contributed by atoms with Crippen LogP contribution in [0.25, 0.3) is 0 Å². The number of nitrogens with zero attached hydrogens (tertiary/aromatic N) is 4. The molecular weight excluding hydrogens is 372 g/mol. The summed E-state index contributed by atoms with van der Waals surface area (Å²) >= 11 is 0. The number of amides is 2. The van der Waals surface area contributed by atoms with Gasteiger partial charge in [0.05, 0.1) is 12.4 Å². The number of hydrogen-bond donors (Lipinski definition) is 2. The lowest BCUT2D eigenvalue weighted by Crippen LogP contribution is -2.47. The van der Waals surface area contributed by atoms with E-state index in [2.05, 4.69) is 30.5 Å². The van der Waals surface area contributed by atoms with Gasteiger partial charge in [-0.05, 0) is 38.5 Å². The van der Waals surface area contributed by atoms with Crippen molar-refractivity contribution >= 4 is 17.6 Å². The van der Waals surface area contributed by atoms with Crippen LogP contribution >= 0.6 is 0 Å². The normalized spacial score (nSPS) is 22.8. The van der Waals surface area contributed by atoms with Crippen molar-refractivity contribution < 1.29 is 14.0 Å². The Kier molecular flexibility index (Phi) is 6.02. The molecule has 2 aromatic rings. The highest BCUT2D eigenvalue weighted by Gasteiger charge is 2.30. The van der Waals surface area contributed by atoms with Crippen molar-refractivity contribution in [3.63, 3.8) is 0 Å². The van der Waals surface area contributed by atoms with E-state index in [0.29, 0.717) is 0 Å². The molecule has 29 heavy (non-hydrogen) atoms.